The van der Waals surface area contributed by atoms with E-state index in [4.69, 9.17) is 4.99 Å². The van der Waals surface area contributed by atoms with Gasteiger partial charge in [-0.15, -0.1) is 0 Å². The zero-order valence-corrected chi connectivity index (χ0v) is 18.8. The van der Waals surface area contributed by atoms with Gasteiger partial charge in [-0.25, -0.2) is 0 Å². The van der Waals surface area contributed by atoms with Gasteiger partial charge in [-0.05, 0) is 67.6 Å². The number of allylic oxidation sites excluding steroid dienone is 2. The first-order valence-electron chi connectivity index (χ1n) is 11.4. The van der Waals surface area contributed by atoms with Gasteiger partial charge >= 0.3 is 0 Å². The molecule has 0 spiro atoms. The Morgan fingerprint density at radius 2 is 1.90 bits per heavy atom. The number of hydrogen-bond donors (Lipinski definition) is 0. The number of aliphatic imine (C=N–C) groups is 1. The van der Waals surface area contributed by atoms with Crippen LogP contribution in [-0.2, 0) is 6.42 Å². The Morgan fingerprint density at radius 1 is 1.14 bits per heavy atom. The maximum Gasteiger partial charge on any atom is 0.0805 e. The Hall–Kier alpha value is -2.09. The van der Waals surface area contributed by atoms with Crippen molar-refractivity contribution in [2.45, 2.75) is 59.4 Å². The summed E-state index contributed by atoms with van der Waals surface area (Å²) in [6.07, 6.45) is 11.9. The van der Waals surface area contributed by atoms with E-state index >= 15 is 0 Å². The standard InChI is InChI=1S/C27H38N2/c1-20(2)22(4)25-13-15-26(16-14-25)29(23(5)27-18-21(3)19-28-27)17-9-12-24-10-7-6-8-11-24/h6-8,10-11,13,15,18,20,22,25-26H,5,9,12,14,16-17,19H2,1-4H3. The first-order chi connectivity index (χ1) is 14.0. The minimum Gasteiger partial charge on any atom is -0.364 e. The van der Waals surface area contributed by atoms with Crippen LogP contribution in [0.3, 0.4) is 0 Å². The van der Waals surface area contributed by atoms with Gasteiger partial charge in [0, 0.05) is 12.6 Å². The van der Waals surface area contributed by atoms with Crippen LogP contribution in [0, 0.1) is 17.8 Å². The van der Waals surface area contributed by atoms with Crippen molar-refractivity contribution in [3.8, 4) is 0 Å². The molecule has 0 saturated heterocycles. The van der Waals surface area contributed by atoms with Gasteiger partial charge in [0.2, 0.25) is 0 Å². The smallest absolute Gasteiger partial charge is 0.0805 e. The number of rotatable bonds is 9. The lowest BCUT2D eigenvalue weighted by Crippen LogP contribution is -2.38. The van der Waals surface area contributed by atoms with Crippen molar-refractivity contribution < 1.29 is 0 Å². The third kappa shape index (κ3) is 5.72. The summed E-state index contributed by atoms with van der Waals surface area (Å²) < 4.78 is 0. The van der Waals surface area contributed by atoms with E-state index in [1.165, 1.54) is 24.0 Å². The van der Waals surface area contributed by atoms with Crippen molar-refractivity contribution in [3.63, 3.8) is 0 Å². The predicted octanol–water partition coefficient (Wildman–Crippen LogP) is 6.46. The van der Waals surface area contributed by atoms with Crippen molar-refractivity contribution in [3.05, 3.63) is 72.0 Å². The predicted molar refractivity (Wildman–Crippen MR) is 126 cm³/mol. The highest BCUT2D eigenvalue weighted by molar-refractivity contribution is 6.09. The Labute approximate surface area is 178 Å². The molecule has 3 rings (SSSR count). The molecule has 0 aromatic heterocycles. The van der Waals surface area contributed by atoms with Crippen molar-refractivity contribution in [1.82, 2.24) is 4.90 Å². The van der Waals surface area contributed by atoms with Crippen molar-refractivity contribution in [2.24, 2.45) is 22.7 Å². The van der Waals surface area contributed by atoms with Crippen LogP contribution in [0.25, 0.3) is 0 Å². The summed E-state index contributed by atoms with van der Waals surface area (Å²) >= 11 is 0. The van der Waals surface area contributed by atoms with Crippen molar-refractivity contribution in [1.29, 1.82) is 0 Å². The Balaban J connectivity index is 1.69. The lowest BCUT2D eigenvalue weighted by molar-refractivity contribution is 0.235. The van der Waals surface area contributed by atoms with Gasteiger partial charge < -0.3 is 4.90 Å². The lowest BCUT2D eigenvalue weighted by atomic mass is 9.78. The molecular formula is C27H38N2. The van der Waals surface area contributed by atoms with Crippen LogP contribution in [0.1, 0.15) is 52.5 Å². The fraction of sp³-hybridized carbons (Fsp3) is 0.519. The summed E-state index contributed by atoms with van der Waals surface area (Å²) in [6.45, 7) is 15.6. The average Bonchev–Trinajstić information content (AvgIpc) is 3.17. The zero-order chi connectivity index (χ0) is 20.8. The van der Waals surface area contributed by atoms with E-state index in [0.717, 1.165) is 49.2 Å². The van der Waals surface area contributed by atoms with E-state index in [0.29, 0.717) is 12.0 Å². The Bertz CT molecular complexity index is 769. The van der Waals surface area contributed by atoms with Gasteiger partial charge in [-0.2, -0.15) is 0 Å². The van der Waals surface area contributed by atoms with E-state index in [-0.39, 0.29) is 0 Å². The highest BCUT2D eigenvalue weighted by Gasteiger charge is 2.27. The summed E-state index contributed by atoms with van der Waals surface area (Å²) in [5.74, 6) is 2.18. The number of nitrogens with zero attached hydrogens (tertiary/aromatic N) is 2. The Morgan fingerprint density at radius 3 is 2.48 bits per heavy atom. The molecule has 0 N–H and O–H groups in total. The third-order valence-corrected chi connectivity index (χ3v) is 6.74. The first-order valence-corrected chi connectivity index (χ1v) is 11.4. The van der Waals surface area contributed by atoms with Crippen LogP contribution in [-0.4, -0.2) is 29.7 Å². The molecule has 0 saturated carbocycles. The third-order valence-electron chi connectivity index (χ3n) is 6.74. The minimum atomic E-state index is 0.436. The maximum atomic E-state index is 4.72. The van der Waals surface area contributed by atoms with Gasteiger partial charge in [0.1, 0.15) is 0 Å². The molecule has 2 heteroatoms. The minimum absolute atomic E-state index is 0.436. The van der Waals surface area contributed by atoms with E-state index in [1.807, 2.05) is 0 Å². The van der Waals surface area contributed by atoms with Gasteiger partial charge in [0.25, 0.3) is 0 Å². The molecule has 0 bridgehead atoms. The molecule has 2 aliphatic rings. The number of hydrogen-bond acceptors (Lipinski definition) is 2. The molecule has 1 aliphatic carbocycles. The second-order valence-electron chi connectivity index (χ2n) is 9.22. The topological polar surface area (TPSA) is 15.6 Å². The number of benzene rings is 1. The first kappa shape index (κ1) is 21.6. The second kappa shape index (κ2) is 10.1. The molecule has 29 heavy (non-hydrogen) atoms. The molecular weight excluding hydrogens is 352 g/mol. The summed E-state index contributed by atoms with van der Waals surface area (Å²) in [5.41, 5.74) is 4.92. The van der Waals surface area contributed by atoms with Crippen molar-refractivity contribution >= 4 is 5.71 Å². The molecule has 2 nitrogen and oxygen atoms in total. The summed E-state index contributed by atoms with van der Waals surface area (Å²) in [5, 5.41) is 0. The quantitative estimate of drug-likeness (QED) is 0.442. The fourth-order valence-electron chi connectivity index (χ4n) is 4.47. The Kier molecular flexibility index (Phi) is 7.52. The van der Waals surface area contributed by atoms with Gasteiger partial charge in [-0.3, -0.25) is 4.99 Å². The zero-order valence-electron chi connectivity index (χ0n) is 18.8. The van der Waals surface area contributed by atoms with E-state index < -0.39 is 0 Å². The second-order valence-corrected chi connectivity index (χ2v) is 9.22. The van der Waals surface area contributed by atoms with Gasteiger partial charge in [0.05, 0.1) is 18.0 Å². The van der Waals surface area contributed by atoms with Crippen LogP contribution < -0.4 is 0 Å². The molecule has 156 valence electrons. The van der Waals surface area contributed by atoms with Gasteiger partial charge in [-0.1, -0.05) is 69.8 Å². The summed E-state index contributed by atoms with van der Waals surface area (Å²) in [6, 6.07) is 11.2. The van der Waals surface area contributed by atoms with E-state index in [2.05, 4.69) is 87.7 Å². The van der Waals surface area contributed by atoms with Crippen LogP contribution >= 0.6 is 0 Å². The fourth-order valence-corrected chi connectivity index (χ4v) is 4.47. The normalized spacial score (nSPS) is 22.4. The molecule has 1 aliphatic heterocycles. The number of aryl methyl sites for hydroxylation is 1. The molecule has 1 aromatic rings. The summed E-state index contributed by atoms with van der Waals surface area (Å²) in [7, 11) is 0. The molecule has 0 radical (unpaired) electrons. The molecule has 1 heterocycles. The van der Waals surface area contributed by atoms with Crippen LogP contribution in [0.2, 0.25) is 0 Å². The molecule has 0 fully saturated rings. The SMILES string of the molecule is C=C(C1=NCC(C)=C1)N(CCCc1ccccc1)C1C=CC(C(C)C(C)C)CC1. The molecule has 3 unspecified atom stereocenters. The van der Waals surface area contributed by atoms with Crippen LogP contribution in [0.4, 0.5) is 0 Å². The van der Waals surface area contributed by atoms with Crippen molar-refractivity contribution in [2.75, 3.05) is 13.1 Å². The highest BCUT2D eigenvalue weighted by atomic mass is 15.2. The largest absolute Gasteiger partial charge is 0.364 e. The summed E-state index contributed by atoms with van der Waals surface area (Å²) in [4.78, 5) is 7.24. The van der Waals surface area contributed by atoms with Crippen LogP contribution in [0.5, 0.6) is 0 Å². The van der Waals surface area contributed by atoms with E-state index in [9.17, 15) is 0 Å². The molecule has 3 atom stereocenters. The van der Waals surface area contributed by atoms with Gasteiger partial charge in [0.15, 0.2) is 0 Å². The molecule has 1 aromatic carbocycles. The monoisotopic (exact) mass is 390 g/mol. The van der Waals surface area contributed by atoms with E-state index in [1.54, 1.807) is 0 Å². The van der Waals surface area contributed by atoms with Crippen LogP contribution in [0.15, 0.2) is 71.4 Å². The highest BCUT2D eigenvalue weighted by Crippen LogP contribution is 2.32. The lowest BCUT2D eigenvalue weighted by Gasteiger charge is -2.38. The average molecular weight is 391 g/mol. The maximum absolute atomic E-state index is 4.72. The molecule has 0 amide bonds.